The Balaban J connectivity index is 1.32. The van der Waals surface area contributed by atoms with Crippen LogP contribution in [0.1, 0.15) is 54.3 Å². The van der Waals surface area contributed by atoms with Crippen LogP contribution in [0.4, 0.5) is 8.78 Å². The summed E-state index contributed by atoms with van der Waals surface area (Å²) in [7, 11) is 0. The summed E-state index contributed by atoms with van der Waals surface area (Å²) in [6.07, 6.45) is -3.12. The molecule has 2 aromatic rings. The van der Waals surface area contributed by atoms with Gasteiger partial charge in [0, 0.05) is 17.7 Å². The lowest BCUT2D eigenvalue weighted by Gasteiger charge is -2.36. The summed E-state index contributed by atoms with van der Waals surface area (Å²) in [5.41, 5.74) is 0.353. The van der Waals surface area contributed by atoms with Crippen LogP contribution in [-0.4, -0.2) is 42.0 Å². The lowest BCUT2D eigenvalue weighted by atomic mass is 9.82. The highest BCUT2D eigenvalue weighted by Gasteiger charge is 2.49. The van der Waals surface area contributed by atoms with Crippen molar-refractivity contribution in [3.63, 3.8) is 0 Å². The predicted octanol–water partition coefficient (Wildman–Crippen LogP) is 3.78. The van der Waals surface area contributed by atoms with Gasteiger partial charge in [-0.3, -0.25) is 4.79 Å². The van der Waals surface area contributed by atoms with Crippen molar-refractivity contribution in [3.05, 3.63) is 53.1 Å². The highest BCUT2D eigenvalue weighted by molar-refractivity contribution is 5.90. The molecule has 0 aromatic heterocycles. The van der Waals surface area contributed by atoms with Crippen LogP contribution in [0.15, 0.2) is 36.4 Å². The van der Waals surface area contributed by atoms with Gasteiger partial charge in [0.15, 0.2) is 11.5 Å². The zero-order valence-electron chi connectivity index (χ0n) is 18.5. The van der Waals surface area contributed by atoms with Crippen molar-refractivity contribution < 1.29 is 42.4 Å². The van der Waals surface area contributed by atoms with E-state index in [1.54, 1.807) is 19.1 Å². The van der Waals surface area contributed by atoms with Gasteiger partial charge >= 0.3 is 12.3 Å². The van der Waals surface area contributed by atoms with E-state index in [2.05, 4.69) is 14.8 Å². The quantitative estimate of drug-likeness (QED) is 0.694. The van der Waals surface area contributed by atoms with Gasteiger partial charge < -0.3 is 29.4 Å². The largest absolute Gasteiger partial charge is 0.586 e. The SMILES string of the molecule is C[C@@H]1C[C@H](NC(=O)[C@@]2(C)COc3cc4c(cc32)OC(F)(F)O4)C[C@H](c2ccc(C(=O)O)cc2)O1. The third-order valence-corrected chi connectivity index (χ3v) is 6.49. The van der Waals surface area contributed by atoms with E-state index < -0.39 is 17.7 Å². The minimum Gasteiger partial charge on any atom is -0.492 e. The van der Waals surface area contributed by atoms with Gasteiger partial charge in [0.1, 0.15) is 17.8 Å². The van der Waals surface area contributed by atoms with Crippen molar-refractivity contribution in [1.82, 2.24) is 5.32 Å². The maximum Gasteiger partial charge on any atom is 0.586 e. The van der Waals surface area contributed by atoms with Crippen LogP contribution >= 0.6 is 0 Å². The van der Waals surface area contributed by atoms with Gasteiger partial charge in [-0.25, -0.2) is 4.79 Å². The Hall–Kier alpha value is -3.40. The lowest BCUT2D eigenvalue weighted by molar-refractivity contribution is -0.286. The number of fused-ring (bicyclic) bond motifs is 2. The van der Waals surface area contributed by atoms with Crippen molar-refractivity contribution >= 4 is 11.9 Å². The molecule has 10 heteroatoms. The number of rotatable bonds is 4. The van der Waals surface area contributed by atoms with Crippen LogP contribution in [0.25, 0.3) is 0 Å². The average molecular weight is 475 g/mol. The first-order valence-corrected chi connectivity index (χ1v) is 10.9. The van der Waals surface area contributed by atoms with Gasteiger partial charge in [0.05, 0.1) is 17.8 Å². The van der Waals surface area contributed by atoms with E-state index in [0.29, 0.717) is 24.2 Å². The average Bonchev–Trinajstić information content (AvgIpc) is 3.26. The molecule has 1 saturated heterocycles. The van der Waals surface area contributed by atoms with E-state index in [4.69, 9.17) is 14.6 Å². The molecule has 34 heavy (non-hydrogen) atoms. The number of halogens is 2. The van der Waals surface area contributed by atoms with E-state index in [1.165, 1.54) is 24.3 Å². The topological polar surface area (TPSA) is 103 Å². The third-order valence-electron chi connectivity index (χ3n) is 6.49. The number of carbonyl (C=O) groups excluding carboxylic acids is 1. The molecule has 2 aromatic carbocycles. The number of hydrogen-bond donors (Lipinski definition) is 2. The number of aromatic carboxylic acids is 1. The van der Waals surface area contributed by atoms with Crippen LogP contribution in [0.5, 0.6) is 17.2 Å². The van der Waals surface area contributed by atoms with E-state index in [-0.39, 0.29) is 47.8 Å². The van der Waals surface area contributed by atoms with Crippen LogP contribution in [-0.2, 0) is 14.9 Å². The molecule has 0 spiro atoms. The van der Waals surface area contributed by atoms with Crippen molar-refractivity contribution in [2.75, 3.05) is 6.61 Å². The summed E-state index contributed by atoms with van der Waals surface area (Å²) in [4.78, 5) is 24.5. The number of amides is 1. The summed E-state index contributed by atoms with van der Waals surface area (Å²) >= 11 is 0. The second-order valence-corrected chi connectivity index (χ2v) is 9.09. The van der Waals surface area contributed by atoms with Crippen LogP contribution < -0.4 is 19.5 Å². The first-order valence-electron chi connectivity index (χ1n) is 10.9. The molecule has 0 saturated carbocycles. The van der Waals surface area contributed by atoms with Crippen LogP contribution in [0.2, 0.25) is 0 Å². The fourth-order valence-electron chi connectivity index (χ4n) is 4.68. The number of benzene rings is 2. The molecule has 3 aliphatic heterocycles. The normalized spacial score (nSPS) is 28.6. The fourth-order valence-corrected chi connectivity index (χ4v) is 4.68. The Labute approximate surface area is 193 Å². The molecule has 1 amide bonds. The molecule has 2 N–H and O–H groups in total. The molecule has 1 fully saturated rings. The zero-order chi connectivity index (χ0) is 24.3. The smallest absolute Gasteiger partial charge is 0.492 e. The maximum atomic E-state index is 13.5. The Bertz CT molecular complexity index is 1150. The minimum atomic E-state index is -3.76. The van der Waals surface area contributed by atoms with Gasteiger partial charge in [-0.05, 0) is 50.5 Å². The highest BCUT2D eigenvalue weighted by atomic mass is 19.3. The van der Waals surface area contributed by atoms with Crippen molar-refractivity contribution in [2.45, 2.75) is 56.6 Å². The number of carbonyl (C=O) groups is 2. The summed E-state index contributed by atoms with van der Waals surface area (Å²) in [5.74, 6) is -1.28. The molecule has 3 heterocycles. The molecule has 4 atom stereocenters. The van der Waals surface area contributed by atoms with Gasteiger partial charge in [-0.2, -0.15) is 0 Å². The van der Waals surface area contributed by atoms with Crippen molar-refractivity contribution in [2.24, 2.45) is 0 Å². The number of nitrogens with one attached hydrogen (secondary N) is 1. The number of ether oxygens (including phenoxy) is 4. The van der Waals surface area contributed by atoms with Crippen LogP contribution in [0.3, 0.4) is 0 Å². The molecule has 5 rings (SSSR count). The molecule has 0 bridgehead atoms. The monoisotopic (exact) mass is 475 g/mol. The fraction of sp³-hybridized carbons (Fsp3) is 0.417. The maximum absolute atomic E-state index is 13.5. The van der Waals surface area contributed by atoms with E-state index in [0.717, 1.165) is 5.56 Å². The Kier molecular flexibility index (Phi) is 5.16. The molecule has 0 aliphatic carbocycles. The van der Waals surface area contributed by atoms with Gasteiger partial charge in [-0.1, -0.05) is 12.1 Å². The number of carboxylic acids is 1. The molecule has 0 unspecified atom stereocenters. The van der Waals surface area contributed by atoms with Crippen LogP contribution in [0, 0.1) is 0 Å². The van der Waals surface area contributed by atoms with Gasteiger partial charge in [-0.15, -0.1) is 8.78 Å². The molecule has 3 aliphatic rings. The zero-order valence-corrected chi connectivity index (χ0v) is 18.5. The first kappa shape index (κ1) is 22.4. The lowest BCUT2D eigenvalue weighted by Crippen LogP contribution is -2.50. The summed E-state index contributed by atoms with van der Waals surface area (Å²) in [5, 5.41) is 12.2. The standard InChI is InChI=1S/C24H23F2NO7/c1-12-7-15(8-17(32-12)13-3-5-14(6-4-13)21(28)29)27-22(30)23(2)11-31-18-10-20-19(9-16(18)23)33-24(25,26)34-20/h3-6,9-10,12,15,17H,7-8,11H2,1-2H3,(H,27,30)(H,28,29)/t12-,15+,17-,23+/m1/s1. The third kappa shape index (κ3) is 3.91. The summed E-state index contributed by atoms with van der Waals surface area (Å²) < 4.78 is 47.6. The van der Waals surface area contributed by atoms with E-state index >= 15 is 0 Å². The van der Waals surface area contributed by atoms with Crippen molar-refractivity contribution in [1.29, 1.82) is 0 Å². The molecule has 0 radical (unpaired) electrons. The molecular weight excluding hydrogens is 452 g/mol. The molecular formula is C24H23F2NO7. The second-order valence-electron chi connectivity index (χ2n) is 9.09. The summed E-state index contributed by atoms with van der Waals surface area (Å²) in [6.45, 7) is 3.65. The first-order chi connectivity index (χ1) is 16.0. The number of alkyl halides is 2. The number of carboxylic acid groups (broad SMARTS) is 1. The Morgan fingerprint density at radius 2 is 1.74 bits per heavy atom. The highest BCUT2D eigenvalue weighted by Crippen LogP contribution is 2.50. The minimum absolute atomic E-state index is 0.0479. The Morgan fingerprint density at radius 1 is 1.06 bits per heavy atom. The summed E-state index contributed by atoms with van der Waals surface area (Å²) in [6, 6.07) is 8.96. The number of hydrogen-bond acceptors (Lipinski definition) is 6. The van der Waals surface area contributed by atoms with E-state index in [9.17, 15) is 18.4 Å². The van der Waals surface area contributed by atoms with Gasteiger partial charge in [0.2, 0.25) is 5.91 Å². The predicted molar refractivity (Wildman–Crippen MR) is 113 cm³/mol. The Morgan fingerprint density at radius 3 is 2.41 bits per heavy atom. The van der Waals surface area contributed by atoms with E-state index in [1.807, 2.05) is 6.92 Å². The van der Waals surface area contributed by atoms with Crippen molar-refractivity contribution in [3.8, 4) is 17.2 Å². The molecule has 180 valence electrons. The van der Waals surface area contributed by atoms with Gasteiger partial charge in [0.25, 0.3) is 0 Å². The second kappa shape index (κ2) is 7.83. The molecule has 8 nitrogen and oxygen atoms in total.